The van der Waals surface area contributed by atoms with E-state index in [1.807, 2.05) is 4.57 Å². The van der Waals surface area contributed by atoms with Crippen LogP contribution in [0.5, 0.6) is 5.75 Å². The molecule has 2 aliphatic heterocycles. The van der Waals surface area contributed by atoms with Crippen LogP contribution in [0, 0.1) is 0 Å². The molecular weight excluding hydrogens is 408 g/mol. The molecule has 0 N–H and O–H groups in total. The fourth-order valence-electron chi connectivity index (χ4n) is 4.53. The van der Waals surface area contributed by atoms with Gasteiger partial charge in [0.25, 0.3) is 5.91 Å². The highest BCUT2D eigenvalue weighted by Gasteiger charge is 2.48. The van der Waals surface area contributed by atoms with Crippen LogP contribution in [0.25, 0.3) is 11.0 Å². The summed E-state index contributed by atoms with van der Waals surface area (Å²) in [4.78, 5) is 19.2. The quantitative estimate of drug-likeness (QED) is 0.614. The minimum atomic E-state index is -3.06. The van der Waals surface area contributed by atoms with Gasteiger partial charge in [-0.05, 0) is 30.3 Å². The summed E-state index contributed by atoms with van der Waals surface area (Å²) < 4.78 is 32.9. The molecule has 1 aromatic heterocycles. The van der Waals surface area contributed by atoms with Crippen LogP contribution in [-0.2, 0) is 0 Å². The van der Waals surface area contributed by atoms with Gasteiger partial charge in [0.2, 0.25) is 0 Å². The van der Waals surface area contributed by atoms with Gasteiger partial charge in [-0.1, -0.05) is 22.9 Å². The number of nitrogens with zero attached hydrogens (tertiary/aromatic N) is 3. The third-order valence-electron chi connectivity index (χ3n) is 5.53. The summed E-state index contributed by atoms with van der Waals surface area (Å²) in [6, 6.07) is 8.33. The highest BCUT2D eigenvalue weighted by Crippen LogP contribution is 2.51. The van der Waals surface area contributed by atoms with E-state index in [1.54, 1.807) is 18.2 Å². The largest absolute Gasteiger partial charge is 0.434 e. The number of aromatic nitrogens is 2. The number of hydrogen-bond acceptors (Lipinski definition) is 3. The molecule has 0 saturated carbocycles. The van der Waals surface area contributed by atoms with Crippen LogP contribution in [0.2, 0.25) is 5.02 Å². The molecule has 2 aromatic carbocycles. The van der Waals surface area contributed by atoms with E-state index in [-0.39, 0.29) is 11.3 Å². The number of carbonyl (C=O) groups is 1. The van der Waals surface area contributed by atoms with Crippen LogP contribution in [0.4, 0.5) is 8.78 Å². The highest BCUT2D eigenvalue weighted by atomic mass is 35.5. The van der Waals surface area contributed by atoms with Gasteiger partial charge in [-0.3, -0.25) is 4.79 Å². The number of carbonyl (C=O) groups excluding carboxylic acids is 1. The standard InChI is InChI=1S/C19H11B3ClF2N3O2/c20-19(21,22)28-13-7-12(27-11-6-8(23)4-5-10(11)26-16(13)27)15-9(17(28)29)2-1-3-14(15)30-18(24)25/h1-6,12-13,18H,7H2/t12-,13-/m0/s1. The number of fused-ring (bicyclic) bond motifs is 9. The molecule has 2 bridgehead atoms. The topological polar surface area (TPSA) is 47.4 Å². The number of rotatable bonds is 3. The van der Waals surface area contributed by atoms with Crippen LogP contribution in [0.15, 0.2) is 36.4 Å². The minimum absolute atomic E-state index is 0.102. The zero-order valence-corrected chi connectivity index (χ0v) is 16.2. The average Bonchev–Trinajstić information content (AvgIpc) is 3.13. The van der Waals surface area contributed by atoms with Gasteiger partial charge >= 0.3 is 6.61 Å². The molecule has 5 nitrogen and oxygen atoms in total. The van der Waals surface area contributed by atoms with Crippen molar-refractivity contribution >= 4 is 52.1 Å². The van der Waals surface area contributed by atoms with Gasteiger partial charge in [-0.2, -0.15) is 8.78 Å². The summed E-state index contributed by atoms with van der Waals surface area (Å²) in [7, 11) is 17.9. The summed E-state index contributed by atoms with van der Waals surface area (Å²) in [5, 5.41) is -1.51. The molecule has 144 valence electrons. The van der Waals surface area contributed by atoms with Gasteiger partial charge in [0.1, 0.15) is 11.6 Å². The van der Waals surface area contributed by atoms with E-state index in [9.17, 15) is 13.6 Å². The first kappa shape index (κ1) is 19.5. The van der Waals surface area contributed by atoms with Gasteiger partial charge in [-0.25, -0.2) is 4.98 Å². The molecule has 0 aliphatic carbocycles. The molecule has 11 heteroatoms. The Balaban J connectivity index is 1.85. The minimum Gasteiger partial charge on any atom is -0.434 e. The van der Waals surface area contributed by atoms with Gasteiger partial charge in [0, 0.05) is 22.6 Å². The Hall–Kier alpha value is -2.48. The van der Waals surface area contributed by atoms with E-state index in [1.165, 1.54) is 18.2 Å². The lowest BCUT2D eigenvalue weighted by atomic mass is 9.48. The first-order chi connectivity index (χ1) is 14.2. The fourth-order valence-corrected chi connectivity index (χ4v) is 4.69. The molecule has 2 atom stereocenters. The van der Waals surface area contributed by atoms with Crippen molar-refractivity contribution in [2.75, 3.05) is 0 Å². The fraction of sp³-hybridized carbons (Fsp3) is 0.263. The third kappa shape index (κ3) is 2.76. The molecule has 2 aliphatic rings. The van der Waals surface area contributed by atoms with Gasteiger partial charge in [0.15, 0.2) is 0 Å². The predicted molar refractivity (Wildman–Crippen MR) is 109 cm³/mol. The second-order valence-corrected chi connectivity index (χ2v) is 7.84. The molecule has 0 saturated heterocycles. The average molecular weight is 419 g/mol. The molecule has 0 fully saturated rings. The molecule has 0 spiro atoms. The second kappa shape index (κ2) is 6.51. The van der Waals surface area contributed by atoms with Crippen LogP contribution < -0.4 is 4.74 Å². The number of imidazole rings is 1. The molecular formula is C19H11B3ClF2N3O2. The van der Waals surface area contributed by atoms with Crippen LogP contribution in [0.1, 0.15) is 40.3 Å². The molecule has 5 rings (SSSR count). The van der Waals surface area contributed by atoms with Gasteiger partial charge in [0.05, 0.1) is 46.7 Å². The number of benzene rings is 2. The number of alkyl halides is 2. The van der Waals surface area contributed by atoms with E-state index in [2.05, 4.69) is 4.98 Å². The Kier molecular flexibility index (Phi) is 4.23. The number of hydrogen-bond donors (Lipinski definition) is 0. The molecule has 1 amide bonds. The van der Waals surface area contributed by atoms with Crippen molar-refractivity contribution < 1.29 is 18.3 Å². The van der Waals surface area contributed by atoms with Crippen molar-refractivity contribution in [1.29, 1.82) is 0 Å². The Labute approximate surface area is 179 Å². The lowest BCUT2D eigenvalue weighted by molar-refractivity contribution is -0.0507. The molecule has 30 heavy (non-hydrogen) atoms. The zero-order valence-electron chi connectivity index (χ0n) is 15.4. The Morgan fingerprint density at radius 3 is 2.67 bits per heavy atom. The van der Waals surface area contributed by atoms with Gasteiger partial charge < -0.3 is 14.2 Å². The smallest absolute Gasteiger partial charge is 0.387 e. The third-order valence-corrected chi connectivity index (χ3v) is 5.76. The van der Waals surface area contributed by atoms with Crippen molar-refractivity contribution in [1.82, 2.24) is 14.5 Å². The molecule has 0 unspecified atom stereocenters. The van der Waals surface area contributed by atoms with Crippen LogP contribution in [0.3, 0.4) is 0 Å². The Morgan fingerprint density at radius 1 is 1.20 bits per heavy atom. The van der Waals surface area contributed by atoms with E-state index in [0.29, 0.717) is 33.9 Å². The Bertz CT molecular complexity index is 1200. The number of amides is 1. The summed E-state index contributed by atoms with van der Waals surface area (Å²) in [6.07, 6.45) is 0.292. The van der Waals surface area contributed by atoms with E-state index < -0.39 is 29.8 Å². The van der Waals surface area contributed by atoms with E-state index in [4.69, 9.17) is 39.9 Å². The lowest BCUT2D eigenvalue weighted by Gasteiger charge is -2.41. The summed E-state index contributed by atoms with van der Waals surface area (Å²) >= 11 is 6.19. The number of ether oxygens (including phenoxy) is 1. The van der Waals surface area contributed by atoms with E-state index >= 15 is 0 Å². The maximum absolute atomic E-state index is 13.4. The summed E-state index contributed by atoms with van der Waals surface area (Å²) in [5.74, 6) is -0.190. The lowest BCUT2D eigenvalue weighted by Crippen LogP contribution is -2.54. The normalized spacial score (nSPS) is 20.4. The second-order valence-electron chi connectivity index (χ2n) is 7.40. The van der Waals surface area contributed by atoms with Crippen molar-refractivity contribution in [3.8, 4) is 5.75 Å². The van der Waals surface area contributed by atoms with Crippen molar-refractivity contribution in [3.63, 3.8) is 0 Å². The SMILES string of the molecule is [B]C([B])([B])N1C(=O)c2cccc(OC(F)F)c2[C@@H]2C[C@H]1c1nc3ccc(Cl)cc3n12. The molecule has 3 aromatic rings. The number of halogens is 3. The van der Waals surface area contributed by atoms with Crippen molar-refractivity contribution in [2.24, 2.45) is 0 Å². The zero-order chi connectivity index (χ0) is 21.4. The van der Waals surface area contributed by atoms with Gasteiger partial charge in [-0.15, -0.1) is 0 Å². The predicted octanol–water partition coefficient (Wildman–Crippen LogP) is 2.90. The van der Waals surface area contributed by atoms with Crippen LogP contribution >= 0.6 is 11.6 Å². The van der Waals surface area contributed by atoms with E-state index in [0.717, 1.165) is 4.90 Å². The summed E-state index contributed by atoms with van der Waals surface area (Å²) in [5.41, 5.74) is 1.76. The highest BCUT2D eigenvalue weighted by molar-refractivity contribution is 6.60. The van der Waals surface area contributed by atoms with Crippen LogP contribution in [-0.4, -0.2) is 55.7 Å². The maximum Gasteiger partial charge on any atom is 0.387 e. The molecule has 6 radical (unpaired) electrons. The van der Waals surface area contributed by atoms with Crippen molar-refractivity contribution in [3.05, 3.63) is 58.4 Å². The maximum atomic E-state index is 13.4. The monoisotopic (exact) mass is 419 g/mol. The van der Waals surface area contributed by atoms with Crippen molar-refractivity contribution in [2.45, 2.75) is 30.4 Å². The Morgan fingerprint density at radius 2 is 1.97 bits per heavy atom. The summed E-state index contributed by atoms with van der Waals surface area (Å²) in [6.45, 7) is -3.06. The first-order valence-corrected chi connectivity index (χ1v) is 9.50. The first-order valence-electron chi connectivity index (χ1n) is 9.12. The molecule has 3 heterocycles.